The van der Waals surface area contributed by atoms with Gasteiger partial charge in [0.15, 0.2) is 10.0 Å². The van der Waals surface area contributed by atoms with E-state index in [9.17, 15) is 14.4 Å². The molecule has 12 heteroatoms. The summed E-state index contributed by atoms with van der Waals surface area (Å²) in [6.45, 7) is 10.6. The van der Waals surface area contributed by atoms with Crippen molar-refractivity contribution in [2.45, 2.75) is 64.4 Å². The summed E-state index contributed by atoms with van der Waals surface area (Å²) in [7, 11) is 0. The van der Waals surface area contributed by atoms with Crippen LogP contribution in [0, 0.1) is 5.92 Å². The van der Waals surface area contributed by atoms with E-state index in [1.807, 2.05) is 34.6 Å². The van der Waals surface area contributed by atoms with Crippen molar-refractivity contribution in [1.82, 2.24) is 19.7 Å². The SMILES string of the molecule is CCCCN(C(=O)CSc1nnc(NC(C)C)s1)c1c(N)n(CC(C)C)c(=O)[nH]c1=O. The Kier molecular flexibility index (Phi) is 9.11. The molecule has 0 fully saturated rings. The molecular formula is C19H31N7O3S2. The number of carbonyl (C=O) groups excluding carboxylic acids is 1. The Hall–Kier alpha value is -2.34. The number of H-pyrrole nitrogens is 1. The third-order valence-corrected chi connectivity index (χ3v) is 6.18. The number of anilines is 3. The highest BCUT2D eigenvalue weighted by Gasteiger charge is 2.24. The molecule has 0 atom stereocenters. The molecular weight excluding hydrogens is 438 g/mol. The number of amides is 1. The monoisotopic (exact) mass is 469 g/mol. The standard InChI is InChI=1S/C19H31N7O3S2/c1-6-7-8-25(13(27)10-30-19-24-23-17(31-19)21-12(4)5)14-15(20)26(9-11(2)3)18(29)22-16(14)28/h11-12H,6-10,20H2,1-5H3,(H,21,23)(H,22,28,29). The van der Waals surface area contributed by atoms with Crippen molar-refractivity contribution in [1.29, 1.82) is 0 Å². The van der Waals surface area contributed by atoms with Crippen molar-refractivity contribution < 1.29 is 4.79 Å². The molecule has 0 spiro atoms. The van der Waals surface area contributed by atoms with E-state index < -0.39 is 11.2 Å². The summed E-state index contributed by atoms with van der Waals surface area (Å²) in [6.07, 6.45) is 1.53. The first-order chi connectivity index (χ1) is 14.6. The lowest BCUT2D eigenvalue weighted by Gasteiger charge is -2.24. The summed E-state index contributed by atoms with van der Waals surface area (Å²) < 4.78 is 1.97. The molecule has 0 saturated heterocycles. The summed E-state index contributed by atoms with van der Waals surface area (Å²) in [5.74, 6) is -0.0577. The molecule has 4 N–H and O–H groups in total. The van der Waals surface area contributed by atoms with Crippen LogP contribution in [0.5, 0.6) is 0 Å². The molecule has 172 valence electrons. The number of aromatic amines is 1. The van der Waals surface area contributed by atoms with Gasteiger partial charge in [0, 0.05) is 19.1 Å². The van der Waals surface area contributed by atoms with Gasteiger partial charge in [-0.15, -0.1) is 10.2 Å². The summed E-state index contributed by atoms with van der Waals surface area (Å²) >= 11 is 2.62. The van der Waals surface area contributed by atoms with E-state index in [0.29, 0.717) is 29.0 Å². The van der Waals surface area contributed by atoms with Crippen molar-refractivity contribution in [3.8, 4) is 0 Å². The van der Waals surface area contributed by atoms with Gasteiger partial charge in [0.1, 0.15) is 5.82 Å². The lowest BCUT2D eigenvalue weighted by Crippen LogP contribution is -2.42. The van der Waals surface area contributed by atoms with Crippen molar-refractivity contribution >= 4 is 45.6 Å². The number of unbranched alkanes of at least 4 members (excludes halogenated alkanes) is 1. The van der Waals surface area contributed by atoms with E-state index in [1.165, 1.54) is 32.6 Å². The first-order valence-corrected chi connectivity index (χ1v) is 12.1. The van der Waals surface area contributed by atoms with Crippen LogP contribution >= 0.6 is 23.1 Å². The van der Waals surface area contributed by atoms with Gasteiger partial charge in [-0.2, -0.15) is 0 Å². The number of nitrogens with zero attached hydrogens (tertiary/aromatic N) is 4. The first-order valence-electron chi connectivity index (χ1n) is 10.3. The predicted octanol–water partition coefficient (Wildman–Crippen LogP) is 2.37. The minimum Gasteiger partial charge on any atom is -0.383 e. The van der Waals surface area contributed by atoms with Gasteiger partial charge in [0.25, 0.3) is 5.56 Å². The average molecular weight is 470 g/mol. The number of nitrogens with two attached hydrogens (primary N) is 1. The lowest BCUT2D eigenvalue weighted by atomic mass is 10.2. The van der Waals surface area contributed by atoms with E-state index in [1.54, 1.807) is 0 Å². The van der Waals surface area contributed by atoms with Gasteiger partial charge in [-0.3, -0.25) is 19.1 Å². The molecule has 0 aliphatic rings. The molecule has 0 unspecified atom stereocenters. The highest BCUT2D eigenvalue weighted by Crippen LogP contribution is 2.27. The highest BCUT2D eigenvalue weighted by atomic mass is 32.2. The van der Waals surface area contributed by atoms with Crippen LogP contribution in [0.2, 0.25) is 0 Å². The molecule has 0 radical (unpaired) electrons. The quantitative estimate of drug-likeness (QED) is 0.426. The maximum absolute atomic E-state index is 13.1. The summed E-state index contributed by atoms with van der Waals surface area (Å²) in [4.78, 5) is 41.6. The molecule has 0 aromatic carbocycles. The van der Waals surface area contributed by atoms with Crippen LogP contribution in [0.15, 0.2) is 13.9 Å². The van der Waals surface area contributed by atoms with Crippen LogP contribution in [0.25, 0.3) is 0 Å². The van der Waals surface area contributed by atoms with E-state index in [2.05, 4.69) is 20.5 Å². The Morgan fingerprint density at radius 3 is 2.61 bits per heavy atom. The molecule has 2 aromatic rings. The second-order valence-corrected chi connectivity index (χ2v) is 10.1. The number of thioether (sulfide) groups is 1. The summed E-state index contributed by atoms with van der Waals surface area (Å²) in [6, 6.07) is 0.230. The number of nitrogens with one attached hydrogen (secondary N) is 2. The van der Waals surface area contributed by atoms with E-state index in [-0.39, 0.29) is 35.1 Å². The van der Waals surface area contributed by atoms with Gasteiger partial charge in [-0.1, -0.05) is 50.3 Å². The van der Waals surface area contributed by atoms with Gasteiger partial charge in [0.05, 0.1) is 5.75 Å². The fourth-order valence-corrected chi connectivity index (χ4v) is 4.61. The second kappa shape index (κ2) is 11.3. The van der Waals surface area contributed by atoms with Crippen LogP contribution in [-0.2, 0) is 11.3 Å². The van der Waals surface area contributed by atoms with Crippen molar-refractivity contribution in [2.75, 3.05) is 28.2 Å². The largest absolute Gasteiger partial charge is 0.383 e. The maximum atomic E-state index is 13.1. The summed E-state index contributed by atoms with van der Waals surface area (Å²) in [5, 5.41) is 12.0. The molecule has 2 aromatic heterocycles. The van der Waals surface area contributed by atoms with E-state index in [0.717, 1.165) is 6.42 Å². The molecule has 2 heterocycles. The predicted molar refractivity (Wildman–Crippen MR) is 127 cm³/mol. The van der Waals surface area contributed by atoms with Crippen LogP contribution in [0.3, 0.4) is 0 Å². The molecule has 0 aliphatic carbocycles. The smallest absolute Gasteiger partial charge is 0.330 e. The number of nitrogen functional groups attached to an aromatic ring is 1. The van der Waals surface area contributed by atoms with E-state index in [4.69, 9.17) is 5.73 Å². The van der Waals surface area contributed by atoms with Crippen molar-refractivity contribution in [3.63, 3.8) is 0 Å². The molecule has 31 heavy (non-hydrogen) atoms. The third kappa shape index (κ3) is 6.82. The highest BCUT2D eigenvalue weighted by molar-refractivity contribution is 8.01. The number of aromatic nitrogens is 4. The minimum absolute atomic E-state index is 0.0104. The van der Waals surface area contributed by atoms with E-state index >= 15 is 0 Å². The molecule has 2 rings (SSSR count). The topological polar surface area (TPSA) is 139 Å². The molecule has 1 amide bonds. The zero-order chi connectivity index (χ0) is 23.1. The minimum atomic E-state index is -0.656. The average Bonchev–Trinajstić information content (AvgIpc) is 3.12. The Morgan fingerprint density at radius 1 is 1.29 bits per heavy atom. The zero-order valence-corrected chi connectivity index (χ0v) is 20.2. The van der Waals surface area contributed by atoms with Crippen LogP contribution < -0.4 is 27.2 Å². The van der Waals surface area contributed by atoms with Gasteiger partial charge >= 0.3 is 5.69 Å². The Bertz CT molecular complexity index is 997. The van der Waals surface area contributed by atoms with Gasteiger partial charge in [0.2, 0.25) is 11.0 Å². The fraction of sp³-hybridized carbons (Fsp3) is 0.632. The van der Waals surface area contributed by atoms with Crippen LogP contribution in [0.1, 0.15) is 47.5 Å². The lowest BCUT2D eigenvalue weighted by molar-refractivity contribution is -0.116. The normalized spacial score (nSPS) is 11.3. The zero-order valence-electron chi connectivity index (χ0n) is 18.6. The van der Waals surface area contributed by atoms with Crippen molar-refractivity contribution in [2.24, 2.45) is 5.92 Å². The molecule has 0 bridgehead atoms. The molecule has 0 saturated carbocycles. The number of rotatable bonds is 11. The van der Waals surface area contributed by atoms with Crippen LogP contribution in [0.4, 0.5) is 16.6 Å². The number of hydrogen-bond donors (Lipinski definition) is 3. The third-order valence-electron chi connectivity index (χ3n) is 4.21. The number of hydrogen-bond acceptors (Lipinski definition) is 9. The first kappa shape index (κ1) is 24.9. The summed E-state index contributed by atoms with van der Waals surface area (Å²) in [5.41, 5.74) is 5.01. The fourth-order valence-electron chi connectivity index (χ4n) is 2.84. The Morgan fingerprint density at radius 2 is 2.00 bits per heavy atom. The van der Waals surface area contributed by atoms with Gasteiger partial charge < -0.3 is 16.0 Å². The maximum Gasteiger partial charge on any atom is 0.330 e. The Balaban J connectivity index is 2.28. The van der Waals surface area contributed by atoms with Crippen LogP contribution in [-0.4, -0.2) is 44.0 Å². The second-order valence-electron chi connectivity index (χ2n) is 7.86. The van der Waals surface area contributed by atoms with Gasteiger partial charge in [-0.25, -0.2) is 4.79 Å². The molecule has 0 aliphatic heterocycles. The van der Waals surface area contributed by atoms with Gasteiger partial charge in [-0.05, 0) is 26.2 Å². The van der Waals surface area contributed by atoms with Crippen molar-refractivity contribution in [3.05, 3.63) is 20.8 Å². The number of carbonyl (C=O) groups is 1. The Labute approximate surface area is 189 Å². The molecule has 10 nitrogen and oxygen atoms in total.